The number of phenols is 1. The molecule has 11 heteroatoms. The smallest absolute Gasteiger partial charge is 0.326 e. The van der Waals surface area contributed by atoms with E-state index in [1.807, 2.05) is 32.9 Å². The molecule has 3 heterocycles. The first kappa shape index (κ1) is 25.5. The molecule has 2 bridgehead atoms. The quantitative estimate of drug-likeness (QED) is 0.439. The monoisotopic (exact) mass is 558 g/mol. The van der Waals surface area contributed by atoms with Gasteiger partial charge in [-0.2, -0.15) is 0 Å². The number of ether oxygens (including phenoxy) is 1. The Bertz CT molecular complexity index is 1380. The number of nitrogens with zero attached hydrogens (tertiary/aromatic N) is 1. The number of nitrogens with one attached hydrogen (secondary N) is 1. The number of likely N-dealkylation sites (tertiary alicyclic amines) is 1. The van der Waals surface area contributed by atoms with Crippen molar-refractivity contribution in [1.29, 1.82) is 0 Å². The van der Waals surface area contributed by atoms with Crippen molar-refractivity contribution in [2.75, 3.05) is 6.61 Å². The Morgan fingerprint density at radius 2 is 1.89 bits per heavy atom. The van der Waals surface area contributed by atoms with Crippen molar-refractivity contribution < 1.29 is 29.3 Å². The van der Waals surface area contributed by atoms with E-state index in [1.165, 1.54) is 0 Å². The molecule has 1 aromatic heterocycles. The number of thioether (sulfide) groups is 1. The third-order valence-corrected chi connectivity index (χ3v) is 11.3. The number of carboxylic acids is 1. The maximum absolute atomic E-state index is 13.8. The highest BCUT2D eigenvalue weighted by Crippen LogP contribution is 2.68. The van der Waals surface area contributed by atoms with E-state index in [2.05, 4.69) is 4.98 Å². The van der Waals surface area contributed by atoms with Crippen LogP contribution in [-0.4, -0.2) is 55.8 Å². The number of carbonyl (C=O) groups excluding carboxylic acids is 2. The predicted octanol–water partition coefficient (Wildman–Crippen LogP) is 3.51. The number of aromatic amines is 1. The molecule has 6 rings (SSSR count). The number of aromatic hydroxyl groups is 1. The summed E-state index contributed by atoms with van der Waals surface area (Å²) in [6.45, 7) is 5.99. The summed E-state index contributed by atoms with van der Waals surface area (Å²) in [5, 5.41) is 21.0. The zero-order valence-corrected chi connectivity index (χ0v) is 22.9. The fraction of sp³-hybridized carbons (Fsp3) is 0.556. The van der Waals surface area contributed by atoms with Crippen LogP contribution in [0.25, 0.3) is 0 Å². The molecule has 2 aliphatic heterocycles. The molecular formula is C27H30N2O7S2. The Labute approximate surface area is 227 Å². The number of carbonyl (C=O) groups is 3. The number of aromatic nitrogens is 1. The third-order valence-electron chi connectivity index (χ3n) is 8.69. The number of H-pyrrole nitrogens is 1. The summed E-state index contributed by atoms with van der Waals surface area (Å²) in [4.78, 5) is 56.8. The molecule has 2 saturated carbocycles. The van der Waals surface area contributed by atoms with Gasteiger partial charge in [0.15, 0.2) is 11.5 Å². The minimum atomic E-state index is -1.16. The maximum atomic E-state index is 13.8. The van der Waals surface area contributed by atoms with Gasteiger partial charge >= 0.3 is 10.8 Å². The standard InChI is InChI=1S/C27H30N2O7S2/c1-4-36-16-8-11(5-6-15(16)30)17-18-12-9-13(21(18)37-23-22(17)38-27(35)28-23)20-19(12)24(31)29(25(20)32)14(26(33)34)7-10(2)3/h5-6,8,10,12-14,17-21,30H,4,7,9H2,1-3H3,(H,28,35)(H,33,34)/t12?,13?,14?,17-,18?,19?,20?,21?/m1/s1. The van der Waals surface area contributed by atoms with Crippen LogP contribution < -0.4 is 9.61 Å². The molecule has 7 unspecified atom stereocenters. The zero-order chi connectivity index (χ0) is 27.0. The predicted molar refractivity (Wildman–Crippen MR) is 141 cm³/mol. The molecule has 4 aliphatic rings. The first-order valence-electron chi connectivity index (χ1n) is 13.1. The first-order chi connectivity index (χ1) is 18.1. The number of amides is 2. The van der Waals surface area contributed by atoms with Crippen molar-refractivity contribution >= 4 is 40.9 Å². The first-order valence-corrected chi connectivity index (χ1v) is 14.8. The van der Waals surface area contributed by atoms with Gasteiger partial charge in [-0.1, -0.05) is 31.3 Å². The summed E-state index contributed by atoms with van der Waals surface area (Å²) >= 11 is 2.74. The Hall–Kier alpha value is -2.79. The number of fused-ring (bicyclic) bond motifs is 9. The number of imide groups is 1. The largest absolute Gasteiger partial charge is 0.504 e. The summed E-state index contributed by atoms with van der Waals surface area (Å²) in [6, 6.07) is 4.08. The lowest BCUT2D eigenvalue weighted by atomic mass is 9.68. The van der Waals surface area contributed by atoms with E-state index >= 15 is 0 Å². The van der Waals surface area contributed by atoms with Crippen molar-refractivity contribution in [3.63, 3.8) is 0 Å². The minimum absolute atomic E-state index is 0.00146. The zero-order valence-electron chi connectivity index (χ0n) is 21.2. The number of hydrogen-bond donors (Lipinski definition) is 3. The van der Waals surface area contributed by atoms with Crippen LogP contribution in [-0.2, 0) is 14.4 Å². The van der Waals surface area contributed by atoms with Crippen LogP contribution in [0.4, 0.5) is 0 Å². The molecule has 3 fully saturated rings. The van der Waals surface area contributed by atoms with Crippen molar-refractivity contribution in [3.8, 4) is 11.5 Å². The number of rotatable bonds is 7. The lowest BCUT2D eigenvalue weighted by Gasteiger charge is -2.43. The topological polar surface area (TPSA) is 137 Å². The van der Waals surface area contributed by atoms with Crippen molar-refractivity contribution in [2.45, 2.75) is 55.8 Å². The average Bonchev–Trinajstić information content (AvgIpc) is 3.58. The summed E-state index contributed by atoms with van der Waals surface area (Å²) in [6.07, 6.45) is 0.940. The Kier molecular flexibility index (Phi) is 6.14. The fourth-order valence-corrected chi connectivity index (χ4v) is 10.4. The lowest BCUT2D eigenvalue weighted by molar-refractivity contribution is -0.156. The molecule has 3 N–H and O–H groups in total. The number of phenolic OH excluding ortho intramolecular Hbond substituents is 1. The average molecular weight is 559 g/mol. The molecule has 1 aromatic carbocycles. The van der Waals surface area contributed by atoms with Crippen LogP contribution in [0.5, 0.6) is 11.5 Å². The third kappa shape index (κ3) is 3.65. The lowest BCUT2D eigenvalue weighted by Crippen LogP contribution is -2.47. The van der Waals surface area contributed by atoms with Gasteiger partial charge in [-0.3, -0.25) is 19.3 Å². The molecule has 0 radical (unpaired) electrons. The number of hydrogen-bond acceptors (Lipinski definition) is 8. The molecule has 2 aliphatic carbocycles. The molecule has 8 atom stereocenters. The molecule has 2 aromatic rings. The Balaban J connectivity index is 1.42. The second-order valence-corrected chi connectivity index (χ2v) is 13.4. The number of aliphatic carboxylic acids is 1. The summed E-state index contributed by atoms with van der Waals surface area (Å²) < 4.78 is 5.65. The van der Waals surface area contributed by atoms with Gasteiger partial charge in [0.05, 0.1) is 23.5 Å². The van der Waals surface area contributed by atoms with E-state index in [0.29, 0.717) is 12.4 Å². The highest BCUT2D eigenvalue weighted by Gasteiger charge is 2.70. The normalized spacial score (nSPS) is 31.9. The summed E-state index contributed by atoms with van der Waals surface area (Å²) in [5.74, 6) is -2.97. The van der Waals surface area contributed by atoms with Gasteiger partial charge < -0.3 is 19.9 Å². The Morgan fingerprint density at radius 1 is 1.18 bits per heavy atom. The van der Waals surface area contributed by atoms with Gasteiger partial charge in [-0.15, -0.1) is 11.8 Å². The van der Waals surface area contributed by atoms with Crippen molar-refractivity contribution in [2.24, 2.45) is 35.5 Å². The molecule has 0 spiro atoms. The van der Waals surface area contributed by atoms with Gasteiger partial charge in [-0.25, -0.2) is 4.79 Å². The maximum Gasteiger partial charge on any atom is 0.326 e. The number of thiazole rings is 1. The molecule has 9 nitrogen and oxygen atoms in total. The van der Waals surface area contributed by atoms with E-state index < -0.39 is 23.8 Å². The van der Waals surface area contributed by atoms with E-state index in [9.17, 15) is 29.4 Å². The van der Waals surface area contributed by atoms with Gasteiger partial charge in [0.1, 0.15) is 6.04 Å². The number of carboxylic acid groups (broad SMARTS) is 1. The Morgan fingerprint density at radius 3 is 2.55 bits per heavy atom. The number of benzene rings is 1. The SMILES string of the molecule is CCOc1cc([C@H]2c3sc(=O)[nH]c3SC3C4CC(C5C(=O)N(C(CC(C)C)C(=O)O)C(=O)C45)C32)ccc1O. The van der Waals surface area contributed by atoms with Crippen LogP contribution >= 0.6 is 23.1 Å². The van der Waals surface area contributed by atoms with Gasteiger partial charge in [0, 0.05) is 16.0 Å². The van der Waals surface area contributed by atoms with Gasteiger partial charge in [-0.05, 0) is 61.1 Å². The van der Waals surface area contributed by atoms with Crippen LogP contribution in [0.3, 0.4) is 0 Å². The molecule has 38 heavy (non-hydrogen) atoms. The van der Waals surface area contributed by atoms with Gasteiger partial charge in [0.2, 0.25) is 11.8 Å². The second-order valence-electron chi connectivity index (χ2n) is 11.2. The van der Waals surface area contributed by atoms with E-state index in [4.69, 9.17) is 4.74 Å². The van der Waals surface area contributed by atoms with E-state index in [1.54, 1.807) is 17.8 Å². The molecular weight excluding hydrogens is 528 g/mol. The van der Waals surface area contributed by atoms with E-state index in [-0.39, 0.29) is 63.7 Å². The van der Waals surface area contributed by atoms with Gasteiger partial charge in [0.25, 0.3) is 0 Å². The highest BCUT2D eigenvalue weighted by molar-refractivity contribution is 8.00. The highest BCUT2D eigenvalue weighted by atomic mass is 32.2. The fourth-order valence-electron chi connectivity index (χ4n) is 7.48. The van der Waals surface area contributed by atoms with Crippen LogP contribution in [0.15, 0.2) is 28.0 Å². The van der Waals surface area contributed by atoms with Crippen LogP contribution in [0, 0.1) is 35.5 Å². The molecule has 1 saturated heterocycles. The second kappa shape index (κ2) is 9.15. The van der Waals surface area contributed by atoms with Crippen molar-refractivity contribution in [3.05, 3.63) is 38.3 Å². The summed E-state index contributed by atoms with van der Waals surface area (Å²) in [7, 11) is 0. The van der Waals surface area contributed by atoms with Crippen LogP contribution in [0.2, 0.25) is 0 Å². The molecule has 202 valence electrons. The van der Waals surface area contributed by atoms with Crippen molar-refractivity contribution in [1.82, 2.24) is 9.88 Å². The molecule has 2 amide bonds. The summed E-state index contributed by atoms with van der Waals surface area (Å²) in [5.41, 5.74) is 0.888. The minimum Gasteiger partial charge on any atom is -0.504 e. The van der Waals surface area contributed by atoms with E-state index in [0.717, 1.165) is 38.1 Å². The van der Waals surface area contributed by atoms with Crippen LogP contribution in [0.1, 0.15) is 50.0 Å².